The van der Waals surface area contributed by atoms with E-state index in [9.17, 15) is 19.3 Å². The van der Waals surface area contributed by atoms with Gasteiger partial charge in [-0.2, -0.15) is 4.89 Å². The number of nitrogens with one attached hydrogen (secondary N) is 1. The number of alkyl carbamates (subject to hydrolysis) is 1. The van der Waals surface area contributed by atoms with Crippen LogP contribution in [0.1, 0.15) is 59.3 Å². The molecule has 1 fully saturated rings. The average molecular weight is 392 g/mol. The molecule has 8 nitrogen and oxygen atoms in total. The fourth-order valence-corrected chi connectivity index (χ4v) is 3.93. The Morgan fingerprint density at radius 1 is 1.19 bits per heavy atom. The number of carbonyl (C=O) groups is 2. The van der Waals surface area contributed by atoms with Crippen molar-refractivity contribution in [3.05, 3.63) is 0 Å². The molecule has 0 heterocycles. The predicted octanol–water partition coefficient (Wildman–Crippen LogP) is 2.90. The highest BCUT2D eigenvalue weighted by molar-refractivity contribution is 7.38. The second-order valence-electron chi connectivity index (χ2n) is 7.24. The van der Waals surface area contributed by atoms with Crippen LogP contribution in [-0.2, 0) is 18.8 Å². The fraction of sp³-hybridized carbons (Fsp3) is 0.882. The number of hydrogen-bond donors (Lipinski definition) is 3. The van der Waals surface area contributed by atoms with E-state index in [1.54, 1.807) is 13.8 Å². The van der Waals surface area contributed by atoms with Crippen molar-refractivity contribution in [3.8, 4) is 0 Å². The summed E-state index contributed by atoms with van der Waals surface area (Å²) in [6, 6.07) is 0. The molecule has 0 aliphatic heterocycles. The van der Waals surface area contributed by atoms with Gasteiger partial charge in [0.05, 0.1) is 5.92 Å². The van der Waals surface area contributed by atoms with E-state index in [1.165, 1.54) is 6.92 Å². The smallest absolute Gasteiger partial charge is 0.425 e. The first-order valence-electron chi connectivity index (χ1n) is 9.16. The molecule has 3 N–H and O–H groups in total. The van der Waals surface area contributed by atoms with Gasteiger partial charge in [-0.1, -0.05) is 26.7 Å². The molecule has 0 saturated heterocycles. The van der Waals surface area contributed by atoms with Crippen molar-refractivity contribution < 1.29 is 33.6 Å². The summed E-state index contributed by atoms with van der Waals surface area (Å²) in [5, 5.41) is 12.3. The van der Waals surface area contributed by atoms with Gasteiger partial charge in [0.1, 0.15) is 6.23 Å². The number of aliphatic hydroxyl groups excluding tert-OH is 1. The molecular weight excluding hydrogens is 361 g/mol. The maximum atomic E-state index is 11.7. The van der Waals surface area contributed by atoms with Crippen molar-refractivity contribution in [2.75, 3.05) is 6.16 Å². The Morgan fingerprint density at radius 2 is 1.85 bits per heavy atom. The lowest BCUT2D eigenvalue weighted by Crippen LogP contribution is -2.38. The lowest BCUT2D eigenvalue weighted by Gasteiger charge is -2.27. The first-order valence-corrected chi connectivity index (χ1v) is 10.6. The molecule has 0 bridgehead atoms. The zero-order valence-electron chi connectivity index (χ0n) is 15.7. The molecule has 1 saturated carbocycles. The predicted molar refractivity (Wildman–Crippen MR) is 95.4 cm³/mol. The van der Waals surface area contributed by atoms with Crippen LogP contribution >= 0.6 is 8.03 Å². The van der Waals surface area contributed by atoms with E-state index in [4.69, 9.17) is 14.4 Å². The molecule has 1 amide bonds. The number of carbonyl (C=O) groups excluding carboxylic acids is 2. The van der Waals surface area contributed by atoms with Crippen molar-refractivity contribution >= 4 is 20.1 Å². The summed E-state index contributed by atoms with van der Waals surface area (Å²) < 4.78 is 20.8. The van der Waals surface area contributed by atoms with Crippen LogP contribution in [-0.4, -0.2) is 40.7 Å². The van der Waals surface area contributed by atoms with Crippen LogP contribution in [0, 0.1) is 17.8 Å². The lowest BCUT2D eigenvalue weighted by atomic mass is 9.80. The summed E-state index contributed by atoms with van der Waals surface area (Å²) in [7, 11) is -2.10. The van der Waals surface area contributed by atoms with Gasteiger partial charge in [0.2, 0.25) is 6.29 Å². The number of aliphatic hydroxyl groups is 1. The molecule has 1 aliphatic rings. The summed E-state index contributed by atoms with van der Waals surface area (Å²) in [6.07, 6.45) is 2.39. The van der Waals surface area contributed by atoms with Crippen LogP contribution in [0.25, 0.3) is 0 Å². The topological polar surface area (TPSA) is 122 Å². The van der Waals surface area contributed by atoms with Gasteiger partial charge in [-0.15, -0.1) is 0 Å². The summed E-state index contributed by atoms with van der Waals surface area (Å²) in [4.78, 5) is 32.1. The van der Waals surface area contributed by atoms with Gasteiger partial charge in [-0.25, -0.2) is 4.79 Å². The molecule has 5 unspecified atom stereocenters. The Labute approximate surface area is 155 Å². The second kappa shape index (κ2) is 11.5. The SMILES string of the molecule is CC(OC(=O)NC(O)CCC1CCCC(C[P+](=O)O)C1)OC(=O)C(C)C. The third-order valence-corrected chi connectivity index (χ3v) is 5.29. The van der Waals surface area contributed by atoms with Gasteiger partial charge in [0.25, 0.3) is 0 Å². The molecule has 0 aromatic heterocycles. The maximum Gasteiger partial charge on any atom is 0.505 e. The normalized spacial score (nSPS) is 23.1. The summed E-state index contributed by atoms with van der Waals surface area (Å²) in [5.74, 6) is -0.156. The lowest BCUT2D eigenvalue weighted by molar-refractivity contribution is -0.168. The monoisotopic (exact) mass is 392 g/mol. The molecule has 1 aliphatic carbocycles. The minimum atomic E-state index is -2.10. The summed E-state index contributed by atoms with van der Waals surface area (Å²) >= 11 is 0. The van der Waals surface area contributed by atoms with E-state index in [0.717, 1.165) is 32.1 Å². The van der Waals surface area contributed by atoms with Crippen molar-refractivity contribution in [2.45, 2.75) is 71.8 Å². The van der Waals surface area contributed by atoms with Crippen LogP contribution in [0.4, 0.5) is 4.79 Å². The Hall–Kier alpha value is -1.24. The van der Waals surface area contributed by atoms with E-state index in [0.29, 0.717) is 18.5 Å². The fourth-order valence-electron chi connectivity index (χ4n) is 3.16. The number of amides is 1. The first-order chi connectivity index (χ1) is 12.2. The molecule has 9 heteroatoms. The highest BCUT2D eigenvalue weighted by Crippen LogP contribution is 2.35. The van der Waals surface area contributed by atoms with Crippen LogP contribution in [0.15, 0.2) is 0 Å². The molecule has 5 atom stereocenters. The van der Waals surface area contributed by atoms with E-state index >= 15 is 0 Å². The Kier molecular flexibility index (Phi) is 10.1. The standard InChI is InChI=1S/C17H30NO7P/c1-11(2)16(20)24-12(3)25-17(21)18-15(19)8-7-13-5-4-6-14(9-13)10-26(22)23/h11-15,19H,4-10H2,1-3H3,(H-,18,21,22,23)/p+1. The van der Waals surface area contributed by atoms with Gasteiger partial charge in [-0.05, 0) is 36.2 Å². The van der Waals surface area contributed by atoms with Crippen molar-refractivity contribution in [2.24, 2.45) is 17.8 Å². The molecule has 150 valence electrons. The summed E-state index contributed by atoms with van der Waals surface area (Å²) in [5.41, 5.74) is 0. The van der Waals surface area contributed by atoms with Crippen molar-refractivity contribution in [1.29, 1.82) is 0 Å². The van der Waals surface area contributed by atoms with Gasteiger partial charge in [0.15, 0.2) is 6.16 Å². The molecule has 0 spiro atoms. The third-order valence-electron chi connectivity index (χ3n) is 4.47. The van der Waals surface area contributed by atoms with Gasteiger partial charge in [0, 0.05) is 12.8 Å². The van der Waals surface area contributed by atoms with E-state index in [1.807, 2.05) is 0 Å². The highest BCUT2D eigenvalue weighted by atomic mass is 31.1. The van der Waals surface area contributed by atoms with Gasteiger partial charge < -0.3 is 14.6 Å². The zero-order valence-corrected chi connectivity index (χ0v) is 16.6. The van der Waals surface area contributed by atoms with Crippen LogP contribution < -0.4 is 5.32 Å². The van der Waals surface area contributed by atoms with Crippen LogP contribution in [0.5, 0.6) is 0 Å². The minimum absolute atomic E-state index is 0.258. The van der Waals surface area contributed by atoms with Crippen LogP contribution in [0.2, 0.25) is 0 Å². The van der Waals surface area contributed by atoms with Crippen molar-refractivity contribution in [1.82, 2.24) is 5.32 Å². The summed E-state index contributed by atoms with van der Waals surface area (Å²) in [6.45, 7) is 4.78. The quantitative estimate of drug-likeness (QED) is 0.313. The highest BCUT2D eigenvalue weighted by Gasteiger charge is 2.28. The third kappa shape index (κ3) is 9.46. The zero-order chi connectivity index (χ0) is 19.7. The number of esters is 1. The largest absolute Gasteiger partial charge is 0.505 e. The maximum absolute atomic E-state index is 11.7. The molecular formula is C17H31NO7P+. The van der Waals surface area contributed by atoms with E-state index in [-0.39, 0.29) is 11.8 Å². The van der Waals surface area contributed by atoms with Crippen molar-refractivity contribution in [3.63, 3.8) is 0 Å². The minimum Gasteiger partial charge on any atom is -0.425 e. The molecule has 0 radical (unpaired) electrons. The molecule has 26 heavy (non-hydrogen) atoms. The van der Waals surface area contributed by atoms with Gasteiger partial charge in [-0.3, -0.25) is 10.1 Å². The number of rotatable bonds is 9. The molecule has 1 rings (SSSR count). The Bertz CT molecular complexity index is 486. The van der Waals surface area contributed by atoms with E-state index < -0.39 is 32.6 Å². The van der Waals surface area contributed by atoms with E-state index in [2.05, 4.69) is 5.32 Å². The first kappa shape index (κ1) is 22.8. The number of ether oxygens (including phenoxy) is 2. The van der Waals surface area contributed by atoms with Gasteiger partial charge >= 0.3 is 20.1 Å². The Morgan fingerprint density at radius 3 is 2.46 bits per heavy atom. The molecule has 0 aromatic rings. The van der Waals surface area contributed by atoms with Crippen LogP contribution in [0.3, 0.4) is 0 Å². The Balaban J connectivity index is 2.26. The second-order valence-corrected chi connectivity index (χ2v) is 8.30. The number of hydrogen-bond acceptors (Lipinski definition) is 6. The average Bonchev–Trinajstić information content (AvgIpc) is 2.52. The molecule has 0 aromatic carbocycles.